The Kier molecular flexibility index (Phi) is 8.15. The van der Waals surface area contributed by atoms with Gasteiger partial charge in [-0.3, -0.25) is 4.79 Å². The fourth-order valence-electron chi connectivity index (χ4n) is 3.00. The third-order valence-corrected chi connectivity index (χ3v) is 4.46. The van der Waals surface area contributed by atoms with E-state index in [0.717, 1.165) is 30.0 Å². The molecule has 3 aromatic carbocycles. The molecule has 0 aliphatic heterocycles. The third kappa shape index (κ3) is 7.17. The minimum Gasteiger partial charge on any atom is -0.494 e. The van der Waals surface area contributed by atoms with Crippen LogP contribution >= 0.6 is 0 Å². The molecule has 30 heavy (non-hydrogen) atoms. The molecule has 1 amide bonds. The van der Waals surface area contributed by atoms with Crippen molar-refractivity contribution in [1.82, 2.24) is 0 Å². The Morgan fingerprint density at radius 2 is 1.63 bits per heavy atom. The summed E-state index contributed by atoms with van der Waals surface area (Å²) in [7, 11) is 0. The minimum absolute atomic E-state index is 0.120. The van der Waals surface area contributed by atoms with Crippen LogP contribution in [0.15, 0.2) is 78.9 Å². The van der Waals surface area contributed by atoms with Gasteiger partial charge in [-0.05, 0) is 61.7 Å². The summed E-state index contributed by atoms with van der Waals surface area (Å²) in [6, 6.07) is 25.4. The van der Waals surface area contributed by atoms with Crippen molar-refractivity contribution >= 4 is 17.3 Å². The number of anilines is 2. The zero-order valence-corrected chi connectivity index (χ0v) is 17.3. The molecule has 0 saturated carbocycles. The van der Waals surface area contributed by atoms with Gasteiger partial charge < -0.3 is 20.1 Å². The van der Waals surface area contributed by atoms with Crippen LogP contribution in [0.3, 0.4) is 0 Å². The summed E-state index contributed by atoms with van der Waals surface area (Å²) in [6.45, 7) is 3.38. The molecule has 156 valence electrons. The van der Waals surface area contributed by atoms with Gasteiger partial charge in [0.25, 0.3) is 0 Å². The quantitative estimate of drug-likeness (QED) is 0.434. The Balaban J connectivity index is 1.40. The molecule has 3 aromatic rings. The number of benzene rings is 3. The highest BCUT2D eigenvalue weighted by Gasteiger charge is 2.04. The number of nitrogens with one attached hydrogen (secondary N) is 2. The van der Waals surface area contributed by atoms with Crippen LogP contribution in [0, 0.1) is 0 Å². The summed E-state index contributed by atoms with van der Waals surface area (Å²) in [5.41, 5.74) is 2.89. The van der Waals surface area contributed by atoms with Crippen molar-refractivity contribution in [2.75, 3.05) is 30.4 Å². The van der Waals surface area contributed by atoms with Crippen LogP contribution in [0.1, 0.15) is 18.9 Å². The summed E-state index contributed by atoms with van der Waals surface area (Å²) >= 11 is 0. The zero-order chi connectivity index (χ0) is 21.0. The van der Waals surface area contributed by atoms with Crippen LogP contribution in [0.5, 0.6) is 11.5 Å². The maximum absolute atomic E-state index is 12.2. The molecular formula is C25H28N2O3. The van der Waals surface area contributed by atoms with Crippen molar-refractivity contribution in [2.45, 2.75) is 19.8 Å². The predicted octanol–water partition coefficient (Wildman–Crippen LogP) is 5.15. The molecule has 0 bridgehead atoms. The smallest absolute Gasteiger partial charge is 0.243 e. The molecule has 3 rings (SSSR count). The van der Waals surface area contributed by atoms with Gasteiger partial charge in [-0.25, -0.2) is 0 Å². The van der Waals surface area contributed by atoms with Crippen molar-refractivity contribution in [1.29, 1.82) is 0 Å². The molecule has 0 aromatic heterocycles. The number of ether oxygens (including phenoxy) is 2. The van der Waals surface area contributed by atoms with E-state index in [1.54, 1.807) is 0 Å². The molecule has 0 unspecified atom stereocenters. The molecular weight excluding hydrogens is 376 g/mol. The third-order valence-electron chi connectivity index (χ3n) is 4.46. The van der Waals surface area contributed by atoms with Crippen LogP contribution in [-0.2, 0) is 11.2 Å². The van der Waals surface area contributed by atoms with E-state index in [4.69, 9.17) is 9.47 Å². The molecule has 0 saturated heterocycles. The van der Waals surface area contributed by atoms with Crippen LogP contribution in [-0.4, -0.2) is 25.7 Å². The molecule has 0 radical (unpaired) electrons. The first-order valence-electron chi connectivity index (χ1n) is 10.3. The van der Waals surface area contributed by atoms with Crippen molar-refractivity contribution in [3.05, 3.63) is 84.4 Å². The first-order chi connectivity index (χ1) is 14.7. The van der Waals surface area contributed by atoms with Gasteiger partial charge in [-0.2, -0.15) is 0 Å². The minimum atomic E-state index is -0.120. The number of hydrogen-bond donors (Lipinski definition) is 2. The van der Waals surface area contributed by atoms with Crippen molar-refractivity contribution in [3.8, 4) is 11.5 Å². The van der Waals surface area contributed by atoms with Crippen LogP contribution < -0.4 is 20.1 Å². The predicted molar refractivity (Wildman–Crippen MR) is 121 cm³/mol. The first kappa shape index (κ1) is 21.2. The van der Waals surface area contributed by atoms with Crippen molar-refractivity contribution < 1.29 is 14.3 Å². The van der Waals surface area contributed by atoms with Crippen molar-refractivity contribution in [3.63, 3.8) is 0 Å². The second-order valence-corrected chi connectivity index (χ2v) is 6.82. The number of carbonyl (C=O) groups excluding carboxylic acids is 1. The average Bonchev–Trinajstić information content (AvgIpc) is 2.77. The molecule has 5 nitrogen and oxygen atoms in total. The lowest BCUT2D eigenvalue weighted by atomic mass is 10.1. The largest absolute Gasteiger partial charge is 0.494 e. The van der Waals surface area contributed by atoms with Gasteiger partial charge in [0.1, 0.15) is 11.5 Å². The highest BCUT2D eigenvalue weighted by Crippen LogP contribution is 2.18. The van der Waals surface area contributed by atoms with Gasteiger partial charge in [-0.15, -0.1) is 0 Å². The van der Waals surface area contributed by atoms with E-state index < -0.39 is 0 Å². The highest BCUT2D eigenvalue weighted by molar-refractivity contribution is 5.93. The van der Waals surface area contributed by atoms with E-state index in [2.05, 4.69) is 22.8 Å². The molecule has 0 heterocycles. The summed E-state index contributed by atoms with van der Waals surface area (Å²) in [5, 5.41) is 6.00. The zero-order valence-electron chi connectivity index (χ0n) is 17.3. The second kappa shape index (κ2) is 11.5. The van der Waals surface area contributed by atoms with E-state index in [-0.39, 0.29) is 12.5 Å². The SMILES string of the molecule is CCOc1ccc(NCC(=O)Nc2cccc(OCCCc3ccccc3)c2)cc1. The Morgan fingerprint density at radius 3 is 2.40 bits per heavy atom. The van der Waals surface area contributed by atoms with E-state index in [0.29, 0.717) is 18.9 Å². The van der Waals surface area contributed by atoms with Gasteiger partial charge in [-0.1, -0.05) is 36.4 Å². The highest BCUT2D eigenvalue weighted by atomic mass is 16.5. The Bertz CT molecular complexity index is 911. The number of hydrogen-bond acceptors (Lipinski definition) is 4. The molecule has 0 aliphatic carbocycles. The van der Waals surface area contributed by atoms with E-state index >= 15 is 0 Å². The van der Waals surface area contributed by atoms with Crippen LogP contribution in [0.4, 0.5) is 11.4 Å². The Hall–Kier alpha value is -3.47. The number of amides is 1. The van der Waals surface area contributed by atoms with Crippen LogP contribution in [0.25, 0.3) is 0 Å². The van der Waals surface area contributed by atoms with E-state index in [1.807, 2.05) is 73.7 Å². The van der Waals surface area contributed by atoms with Gasteiger partial charge in [0.05, 0.1) is 19.8 Å². The van der Waals surface area contributed by atoms with Gasteiger partial charge in [0.15, 0.2) is 0 Å². The maximum atomic E-state index is 12.2. The monoisotopic (exact) mass is 404 g/mol. The summed E-state index contributed by atoms with van der Waals surface area (Å²) in [5.74, 6) is 1.44. The number of aryl methyl sites for hydroxylation is 1. The molecule has 0 spiro atoms. The molecule has 2 N–H and O–H groups in total. The fourth-order valence-corrected chi connectivity index (χ4v) is 3.00. The molecule has 0 fully saturated rings. The van der Waals surface area contributed by atoms with Crippen LogP contribution in [0.2, 0.25) is 0 Å². The Labute approximate surface area is 178 Å². The standard InChI is InChI=1S/C25H28N2O3/c1-2-29-23-15-13-21(14-16-23)26-19-25(28)27-22-11-6-12-24(18-22)30-17-7-10-20-8-4-3-5-9-20/h3-6,8-9,11-16,18,26H,2,7,10,17,19H2,1H3,(H,27,28). The summed E-state index contributed by atoms with van der Waals surface area (Å²) < 4.78 is 11.2. The maximum Gasteiger partial charge on any atom is 0.243 e. The summed E-state index contributed by atoms with van der Waals surface area (Å²) in [4.78, 5) is 12.2. The van der Waals surface area contributed by atoms with E-state index in [9.17, 15) is 4.79 Å². The van der Waals surface area contributed by atoms with Gasteiger partial charge in [0.2, 0.25) is 5.91 Å². The number of rotatable bonds is 11. The molecule has 5 heteroatoms. The first-order valence-corrected chi connectivity index (χ1v) is 10.3. The topological polar surface area (TPSA) is 59.6 Å². The average molecular weight is 405 g/mol. The van der Waals surface area contributed by atoms with E-state index in [1.165, 1.54) is 5.56 Å². The summed E-state index contributed by atoms with van der Waals surface area (Å²) in [6.07, 6.45) is 1.92. The number of carbonyl (C=O) groups is 1. The fraction of sp³-hybridized carbons (Fsp3) is 0.240. The van der Waals surface area contributed by atoms with Crippen molar-refractivity contribution in [2.24, 2.45) is 0 Å². The lowest BCUT2D eigenvalue weighted by Crippen LogP contribution is -2.21. The lowest BCUT2D eigenvalue weighted by molar-refractivity contribution is -0.114. The molecule has 0 aliphatic rings. The Morgan fingerprint density at radius 1 is 0.833 bits per heavy atom. The second-order valence-electron chi connectivity index (χ2n) is 6.82. The van der Waals surface area contributed by atoms with Gasteiger partial charge in [0, 0.05) is 17.4 Å². The molecule has 0 atom stereocenters. The van der Waals surface area contributed by atoms with Gasteiger partial charge >= 0.3 is 0 Å². The normalized spacial score (nSPS) is 10.3. The lowest BCUT2D eigenvalue weighted by Gasteiger charge is -2.11.